The normalized spacial score (nSPS) is 11.9. The number of ether oxygens (including phenoxy) is 4. The molecule has 0 saturated carbocycles. The molecule has 1 heterocycles. The number of para-hydroxylation sites is 1. The Morgan fingerprint density at radius 2 is 1.23 bits per heavy atom. The van der Waals surface area contributed by atoms with E-state index in [1.807, 2.05) is 36.4 Å². The number of carbonyl (C=O) groups is 4. The van der Waals surface area contributed by atoms with Crippen molar-refractivity contribution in [2.45, 2.75) is 72.5 Å². The van der Waals surface area contributed by atoms with Gasteiger partial charge in [-0.2, -0.15) is 0 Å². The van der Waals surface area contributed by atoms with Crippen LogP contribution in [0, 0.1) is 0 Å². The zero-order valence-electron chi connectivity index (χ0n) is 27.5. The lowest BCUT2D eigenvalue weighted by molar-refractivity contribution is -0.155. The molecule has 0 aliphatic heterocycles. The van der Waals surface area contributed by atoms with Crippen LogP contribution in [-0.2, 0) is 48.3 Å². The Morgan fingerprint density at radius 1 is 0.702 bits per heavy atom. The summed E-state index contributed by atoms with van der Waals surface area (Å²) in [5, 5.41) is 3.02. The zero-order chi connectivity index (χ0) is 34.2. The lowest BCUT2D eigenvalue weighted by Crippen LogP contribution is -2.30. The van der Waals surface area contributed by atoms with E-state index in [9.17, 15) is 19.2 Å². The van der Waals surface area contributed by atoms with Crippen LogP contribution in [0.4, 0.5) is 4.79 Å². The number of rotatable bonds is 10. The Kier molecular flexibility index (Phi) is 10.9. The molecule has 1 amide bonds. The number of hydrogen-bond donors (Lipinski definition) is 1. The fraction of sp³-hybridized carbons (Fsp3) is 0.297. The van der Waals surface area contributed by atoms with Gasteiger partial charge in [-0.25, -0.2) is 14.4 Å². The third-order valence-corrected chi connectivity index (χ3v) is 6.48. The van der Waals surface area contributed by atoms with E-state index in [0.717, 1.165) is 11.1 Å². The van der Waals surface area contributed by atoms with Crippen LogP contribution in [0.25, 0.3) is 17.0 Å². The highest BCUT2D eigenvalue weighted by atomic mass is 16.6. The van der Waals surface area contributed by atoms with Crippen LogP contribution in [0.15, 0.2) is 90.6 Å². The molecule has 0 aliphatic rings. The first-order chi connectivity index (χ1) is 22.2. The second kappa shape index (κ2) is 14.8. The van der Waals surface area contributed by atoms with Crippen LogP contribution in [0.5, 0.6) is 0 Å². The number of carbonyl (C=O) groups excluding carboxylic acids is 4. The van der Waals surface area contributed by atoms with Gasteiger partial charge in [-0.3, -0.25) is 10.1 Å². The molecule has 0 radical (unpaired) electrons. The molecule has 47 heavy (non-hydrogen) atoms. The van der Waals surface area contributed by atoms with Crippen LogP contribution in [-0.4, -0.2) is 39.8 Å². The van der Waals surface area contributed by atoms with Crippen molar-refractivity contribution in [3.63, 3.8) is 0 Å². The minimum absolute atomic E-state index is 0.0141. The summed E-state index contributed by atoms with van der Waals surface area (Å²) in [7, 11) is 0. The number of esters is 3. The highest BCUT2D eigenvalue weighted by Gasteiger charge is 2.30. The topological polar surface area (TPSA) is 122 Å². The van der Waals surface area contributed by atoms with E-state index in [2.05, 4.69) is 5.32 Å². The van der Waals surface area contributed by atoms with Crippen molar-refractivity contribution < 1.29 is 38.1 Å². The molecule has 4 rings (SSSR count). The number of hydrogen-bond acceptors (Lipinski definition) is 8. The van der Waals surface area contributed by atoms with E-state index < -0.39 is 35.2 Å². The maximum absolute atomic E-state index is 13.8. The van der Waals surface area contributed by atoms with Crippen LogP contribution in [0.2, 0.25) is 0 Å². The van der Waals surface area contributed by atoms with E-state index in [0.29, 0.717) is 10.9 Å². The van der Waals surface area contributed by atoms with Crippen LogP contribution >= 0.6 is 0 Å². The molecule has 10 nitrogen and oxygen atoms in total. The Bertz CT molecular complexity index is 1760. The van der Waals surface area contributed by atoms with Crippen LogP contribution < -0.4 is 5.32 Å². The fourth-order valence-corrected chi connectivity index (χ4v) is 4.65. The van der Waals surface area contributed by atoms with Gasteiger partial charge in [0.25, 0.3) is 0 Å². The first-order valence-corrected chi connectivity index (χ1v) is 15.2. The monoisotopic (exact) mass is 640 g/mol. The summed E-state index contributed by atoms with van der Waals surface area (Å²) in [5.41, 5.74) is 0.260. The standard InChI is InChI=1S/C37H40N2O8/c1-36(2,3)46-31(40)22-39-30-20-14-13-19-27(30)28(32(39)34(42)47-37(4,5)6)21-29(33(41)44-23-25-15-9-7-10-16-25)38-35(43)45-24-26-17-11-8-12-18-26/h7-21H,22-24H2,1-6H3,(H,38,43). The Morgan fingerprint density at radius 3 is 1.81 bits per heavy atom. The molecule has 0 fully saturated rings. The summed E-state index contributed by atoms with van der Waals surface area (Å²) in [6.07, 6.45) is 0.428. The van der Waals surface area contributed by atoms with E-state index in [1.165, 1.54) is 10.6 Å². The quantitative estimate of drug-likeness (QED) is 0.112. The van der Waals surface area contributed by atoms with Gasteiger partial charge in [-0.1, -0.05) is 78.9 Å². The number of fused-ring (bicyclic) bond motifs is 1. The van der Waals surface area contributed by atoms with Gasteiger partial charge in [0.1, 0.15) is 42.4 Å². The number of benzene rings is 3. The van der Waals surface area contributed by atoms with E-state index >= 15 is 0 Å². The van der Waals surface area contributed by atoms with Gasteiger partial charge in [-0.15, -0.1) is 0 Å². The molecule has 1 N–H and O–H groups in total. The molecule has 0 spiro atoms. The van der Waals surface area contributed by atoms with E-state index in [4.69, 9.17) is 18.9 Å². The molecule has 0 unspecified atom stereocenters. The minimum atomic E-state index is -0.909. The SMILES string of the molecule is CC(C)(C)OC(=O)Cn1c(C(=O)OC(C)(C)C)c(C=C(NC(=O)OCc2ccccc2)C(=O)OCc2ccccc2)c2ccccc21. The van der Waals surface area contributed by atoms with Crippen molar-refractivity contribution in [3.8, 4) is 0 Å². The lowest BCUT2D eigenvalue weighted by atomic mass is 10.1. The second-order valence-corrected chi connectivity index (χ2v) is 12.8. The highest BCUT2D eigenvalue weighted by Crippen LogP contribution is 2.31. The molecule has 0 bridgehead atoms. The zero-order valence-corrected chi connectivity index (χ0v) is 27.5. The summed E-state index contributed by atoms with van der Waals surface area (Å²) in [6.45, 7) is 9.97. The fourth-order valence-electron chi connectivity index (χ4n) is 4.65. The van der Waals surface area contributed by atoms with Crippen molar-refractivity contribution in [2.75, 3.05) is 0 Å². The highest BCUT2D eigenvalue weighted by molar-refractivity contribution is 6.07. The summed E-state index contributed by atoms with van der Waals surface area (Å²) in [6, 6.07) is 25.1. The number of aromatic nitrogens is 1. The van der Waals surface area contributed by atoms with Crippen molar-refractivity contribution in [3.05, 3.63) is 113 Å². The first kappa shape index (κ1) is 34.5. The molecule has 1 aromatic heterocycles. The third-order valence-electron chi connectivity index (χ3n) is 6.48. The average Bonchev–Trinajstić information content (AvgIpc) is 3.30. The number of alkyl carbamates (subject to hydrolysis) is 1. The van der Waals surface area contributed by atoms with E-state index in [1.54, 1.807) is 90.1 Å². The largest absolute Gasteiger partial charge is 0.459 e. The molecule has 3 aromatic carbocycles. The van der Waals surface area contributed by atoms with E-state index in [-0.39, 0.29) is 36.7 Å². The van der Waals surface area contributed by atoms with Crippen LogP contribution in [0.1, 0.15) is 68.7 Å². The van der Waals surface area contributed by atoms with Gasteiger partial charge in [0.15, 0.2) is 0 Å². The molecule has 4 aromatic rings. The summed E-state index contributed by atoms with van der Waals surface area (Å²) in [4.78, 5) is 53.5. The van der Waals surface area contributed by atoms with Gasteiger partial charge in [0.05, 0.1) is 0 Å². The molecule has 0 saturated heterocycles. The smallest absolute Gasteiger partial charge is 0.412 e. The van der Waals surface area contributed by atoms with Gasteiger partial charge < -0.3 is 23.5 Å². The molecule has 0 atom stereocenters. The molecule has 0 aliphatic carbocycles. The molecular weight excluding hydrogens is 600 g/mol. The van der Waals surface area contributed by atoms with Crippen molar-refractivity contribution in [1.29, 1.82) is 0 Å². The molecule has 246 valence electrons. The summed E-state index contributed by atoms with van der Waals surface area (Å²) >= 11 is 0. The summed E-state index contributed by atoms with van der Waals surface area (Å²) in [5.74, 6) is -2.19. The molecular formula is C37H40N2O8. The second-order valence-electron chi connectivity index (χ2n) is 12.8. The van der Waals surface area contributed by atoms with Crippen molar-refractivity contribution in [1.82, 2.24) is 9.88 Å². The maximum atomic E-state index is 13.8. The van der Waals surface area contributed by atoms with Crippen molar-refractivity contribution >= 4 is 41.0 Å². The lowest BCUT2D eigenvalue weighted by Gasteiger charge is -2.22. The number of amides is 1. The predicted molar refractivity (Wildman–Crippen MR) is 177 cm³/mol. The molecule has 10 heteroatoms. The number of nitrogens with zero attached hydrogens (tertiary/aromatic N) is 1. The minimum Gasteiger partial charge on any atom is -0.459 e. The Hall–Kier alpha value is -5.38. The average molecular weight is 641 g/mol. The van der Waals surface area contributed by atoms with Gasteiger partial charge >= 0.3 is 24.0 Å². The van der Waals surface area contributed by atoms with Crippen molar-refractivity contribution in [2.24, 2.45) is 0 Å². The van der Waals surface area contributed by atoms with Crippen LogP contribution in [0.3, 0.4) is 0 Å². The third kappa shape index (κ3) is 10.1. The number of nitrogens with one attached hydrogen (secondary N) is 1. The summed E-state index contributed by atoms with van der Waals surface area (Å²) < 4.78 is 23.8. The Labute approximate surface area is 274 Å². The first-order valence-electron chi connectivity index (χ1n) is 15.2. The van der Waals surface area contributed by atoms with Gasteiger partial charge in [-0.05, 0) is 64.8 Å². The predicted octanol–water partition coefficient (Wildman–Crippen LogP) is 6.95. The van der Waals surface area contributed by atoms with Gasteiger partial charge in [0, 0.05) is 16.5 Å². The Balaban J connectivity index is 1.81. The van der Waals surface area contributed by atoms with Gasteiger partial charge in [0.2, 0.25) is 0 Å². The maximum Gasteiger partial charge on any atom is 0.412 e.